The summed E-state index contributed by atoms with van der Waals surface area (Å²) in [6.45, 7) is 8.65. The maximum Gasteiger partial charge on any atom is 0.0943 e. The first-order chi connectivity index (χ1) is 6.43. The molecule has 14 heavy (non-hydrogen) atoms. The molecule has 2 nitrogen and oxygen atoms in total. The van der Waals surface area contributed by atoms with Crippen LogP contribution in [0.5, 0.6) is 0 Å². The average Bonchev–Trinajstić information content (AvgIpc) is 2.50. The first kappa shape index (κ1) is 11.7. The molecule has 1 atom stereocenters. The molecule has 1 rings (SSSR count). The second-order valence-electron chi connectivity index (χ2n) is 4.76. The Kier molecular flexibility index (Phi) is 3.67. The van der Waals surface area contributed by atoms with E-state index in [-0.39, 0.29) is 11.5 Å². The molecule has 0 aliphatic heterocycles. The molecule has 1 aromatic rings. The van der Waals surface area contributed by atoms with Gasteiger partial charge >= 0.3 is 0 Å². The number of nitrogens with zero attached hydrogens (tertiary/aromatic N) is 1. The highest BCUT2D eigenvalue weighted by molar-refractivity contribution is 7.09. The van der Waals surface area contributed by atoms with Crippen molar-refractivity contribution in [3.63, 3.8) is 0 Å². The summed E-state index contributed by atoms with van der Waals surface area (Å²) in [5.74, 6) is 0. The SMILES string of the molecule is CCc1csc(CC(N)C(C)(C)C)n1. The van der Waals surface area contributed by atoms with Crippen LogP contribution in [-0.4, -0.2) is 11.0 Å². The molecule has 0 bridgehead atoms. The molecule has 1 heterocycles. The number of aromatic nitrogens is 1. The summed E-state index contributed by atoms with van der Waals surface area (Å²) in [7, 11) is 0. The minimum absolute atomic E-state index is 0.165. The highest BCUT2D eigenvalue weighted by atomic mass is 32.1. The highest BCUT2D eigenvalue weighted by Gasteiger charge is 2.21. The van der Waals surface area contributed by atoms with Crippen molar-refractivity contribution in [2.75, 3.05) is 0 Å². The quantitative estimate of drug-likeness (QED) is 0.836. The number of hydrogen-bond acceptors (Lipinski definition) is 3. The Morgan fingerprint density at radius 2 is 2.14 bits per heavy atom. The third-order valence-electron chi connectivity index (χ3n) is 2.47. The van der Waals surface area contributed by atoms with Crippen molar-refractivity contribution in [3.05, 3.63) is 16.1 Å². The molecule has 0 aromatic carbocycles. The zero-order chi connectivity index (χ0) is 10.8. The Bertz CT molecular complexity index is 286. The van der Waals surface area contributed by atoms with Crippen LogP contribution >= 0.6 is 11.3 Å². The van der Waals surface area contributed by atoms with E-state index in [4.69, 9.17) is 5.73 Å². The number of thiazole rings is 1. The number of aryl methyl sites for hydroxylation is 1. The second-order valence-corrected chi connectivity index (χ2v) is 5.71. The van der Waals surface area contributed by atoms with Gasteiger partial charge in [-0.2, -0.15) is 0 Å². The van der Waals surface area contributed by atoms with Gasteiger partial charge in [0.1, 0.15) is 0 Å². The Hall–Kier alpha value is -0.410. The molecular weight excluding hydrogens is 192 g/mol. The summed E-state index contributed by atoms with van der Waals surface area (Å²) >= 11 is 1.73. The molecule has 0 saturated heterocycles. The molecule has 0 radical (unpaired) electrons. The monoisotopic (exact) mass is 212 g/mol. The Labute approximate surface area is 90.6 Å². The van der Waals surface area contributed by atoms with Crippen LogP contribution in [0.3, 0.4) is 0 Å². The lowest BCUT2D eigenvalue weighted by atomic mass is 9.86. The van der Waals surface area contributed by atoms with E-state index < -0.39 is 0 Å². The Morgan fingerprint density at radius 1 is 1.50 bits per heavy atom. The molecule has 1 aromatic heterocycles. The third kappa shape index (κ3) is 3.07. The standard InChI is InChI=1S/C11H20N2S/c1-5-8-7-14-10(13-8)6-9(12)11(2,3)4/h7,9H,5-6,12H2,1-4H3. The lowest BCUT2D eigenvalue weighted by molar-refractivity contribution is 0.318. The van der Waals surface area contributed by atoms with E-state index in [0.717, 1.165) is 12.8 Å². The van der Waals surface area contributed by atoms with E-state index in [0.29, 0.717) is 0 Å². The summed E-state index contributed by atoms with van der Waals surface area (Å²) in [5, 5.41) is 3.30. The Balaban J connectivity index is 2.60. The van der Waals surface area contributed by atoms with Gasteiger partial charge in [-0.05, 0) is 11.8 Å². The fraction of sp³-hybridized carbons (Fsp3) is 0.727. The maximum atomic E-state index is 6.10. The van der Waals surface area contributed by atoms with E-state index in [1.807, 2.05) is 0 Å². The molecule has 0 saturated carbocycles. The fourth-order valence-electron chi connectivity index (χ4n) is 1.10. The van der Waals surface area contributed by atoms with Crippen LogP contribution in [0.1, 0.15) is 38.4 Å². The van der Waals surface area contributed by atoms with Gasteiger partial charge < -0.3 is 5.73 Å². The van der Waals surface area contributed by atoms with Gasteiger partial charge in [0.25, 0.3) is 0 Å². The van der Waals surface area contributed by atoms with Crippen molar-refractivity contribution < 1.29 is 0 Å². The molecule has 0 aliphatic rings. The molecule has 0 amide bonds. The largest absolute Gasteiger partial charge is 0.327 e. The lowest BCUT2D eigenvalue weighted by Gasteiger charge is -2.26. The topological polar surface area (TPSA) is 38.9 Å². The average molecular weight is 212 g/mol. The van der Waals surface area contributed by atoms with Crippen molar-refractivity contribution >= 4 is 11.3 Å². The molecule has 2 N–H and O–H groups in total. The van der Waals surface area contributed by atoms with Gasteiger partial charge in [0.15, 0.2) is 0 Å². The molecule has 3 heteroatoms. The summed E-state index contributed by atoms with van der Waals surface area (Å²) in [6.07, 6.45) is 1.91. The molecule has 1 unspecified atom stereocenters. The lowest BCUT2D eigenvalue weighted by Crippen LogP contribution is -2.36. The summed E-state index contributed by atoms with van der Waals surface area (Å²) in [6, 6.07) is 0.193. The number of hydrogen-bond donors (Lipinski definition) is 1. The van der Waals surface area contributed by atoms with E-state index in [9.17, 15) is 0 Å². The summed E-state index contributed by atoms with van der Waals surface area (Å²) < 4.78 is 0. The zero-order valence-electron chi connectivity index (χ0n) is 9.50. The van der Waals surface area contributed by atoms with Crippen LogP contribution in [0.15, 0.2) is 5.38 Å². The van der Waals surface area contributed by atoms with Crippen LogP contribution in [0.25, 0.3) is 0 Å². The molecule has 0 fully saturated rings. The molecule has 0 spiro atoms. The maximum absolute atomic E-state index is 6.10. The molecule has 80 valence electrons. The van der Waals surface area contributed by atoms with E-state index in [2.05, 4.69) is 38.1 Å². The van der Waals surface area contributed by atoms with Crippen LogP contribution in [0.4, 0.5) is 0 Å². The van der Waals surface area contributed by atoms with Crippen molar-refractivity contribution in [1.29, 1.82) is 0 Å². The van der Waals surface area contributed by atoms with Crippen molar-refractivity contribution in [2.45, 2.75) is 46.6 Å². The van der Waals surface area contributed by atoms with E-state index in [1.165, 1.54) is 10.7 Å². The third-order valence-corrected chi connectivity index (χ3v) is 3.39. The van der Waals surface area contributed by atoms with E-state index in [1.54, 1.807) is 11.3 Å². The number of nitrogens with two attached hydrogens (primary N) is 1. The predicted molar refractivity (Wildman–Crippen MR) is 62.6 cm³/mol. The van der Waals surface area contributed by atoms with Gasteiger partial charge in [-0.25, -0.2) is 4.98 Å². The van der Waals surface area contributed by atoms with Gasteiger partial charge in [0.2, 0.25) is 0 Å². The van der Waals surface area contributed by atoms with Crippen LogP contribution in [0, 0.1) is 5.41 Å². The van der Waals surface area contributed by atoms with Crippen molar-refractivity contribution in [1.82, 2.24) is 4.98 Å². The normalized spacial score (nSPS) is 14.4. The first-order valence-corrected chi connectivity index (χ1v) is 6.00. The van der Waals surface area contributed by atoms with Crippen molar-refractivity contribution in [2.24, 2.45) is 11.1 Å². The molecular formula is C11H20N2S. The van der Waals surface area contributed by atoms with Crippen molar-refractivity contribution in [3.8, 4) is 0 Å². The van der Waals surface area contributed by atoms with Gasteiger partial charge in [-0.1, -0.05) is 27.7 Å². The highest BCUT2D eigenvalue weighted by Crippen LogP contribution is 2.22. The summed E-state index contributed by atoms with van der Waals surface area (Å²) in [4.78, 5) is 4.52. The minimum Gasteiger partial charge on any atom is -0.327 e. The van der Waals surface area contributed by atoms with Gasteiger partial charge in [-0.3, -0.25) is 0 Å². The fourth-order valence-corrected chi connectivity index (χ4v) is 2.04. The van der Waals surface area contributed by atoms with Gasteiger partial charge in [0, 0.05) is 17.8 Å². The van der Waals surface area contributed by atoms with Gasteiger partial charge in [-0.15, -0.1) is 11.3 Å². The van der Waals surface area contributed by atoms with Gasteiger partial charge in [0.05, 0.1) is 10.7 Å². The minimum atomic E-state index is 0.165. The van der Waals surface area contributed by atoms with Crippen LogP contribution in [0.2, 0.25) is 0 Å². The first-order valence-electron chi connectivity index (χ1n) is 5.12. The van der Waals surface area contributed by atoms with Crippen LogP contribution < -0.4 is 5.73 Å². The van der Waals surface area contributed by atoms with E-state index >= 15 is 0 Å². The summed E-state index contributed by atoms with van der Waals surface area (Å²) in [5.41, 5.74) is 7.45. The predicted octanol–water partition coefficient (Wildman–Crippen LogP) is 2.62. The Morgan fingerprint density at radius 3 is 2.57 bits per heavy atom. The van der Waals surface area contributed by atoms with Crippen LogP contribution in [-0.2, 0) is 12.8 Å². The second kappa shape index (κ2) is 4.41. The molecule has 0 aliphatic carbocycles. The number of rotatable bonds is 3. The zero-order valence-corrected chi connectivity index (χ0v) is 10.3. The smallest absolute Gasteiger partial charge is 0.0943 e.